The number of nitrogens with zero attached hydrogens (tertiary/aromatic N) is 3. The molecule has 0 aliphatic carbocycles. The fourth-order valence-corrected chi connectivity index (χ4v) is 1.20. The van der Waals surface area contributed by atoms with E-state index in [0.29, 0.717) is 12.6 Å². The van der Waals surface area contributed by atoms with Crippen molar-refractivity contribution >= 4 is 0 Å². The van der Waals surface area contributed by atoms with Crippen molar-refractivity contribution in [2.75, 3.05) is 13.7 Å². The van der Waals surface area contributed by atoms with Gasteiger partial charge in [-0.2, -0.15) is 5.10 Å². The number of ether oxygens (including phenoxy) is 1. The summed E-state index contributed by atoms with van der Waals surface area (Å²) in [6, 6.07) is 0.293. The van der Waals surface area contributed by atoms with Gasteiger partial charge in [0.1, 0.15) is 12.2 Å². The van der Waals surface area contributed by atoms with Crippen molar-refractivity contribution in [3.63, 3.8) is 0 Å². The standard InChI is InChI=1S/C8H16N4O/c1-7(3-4-13-2)12-8(5-9)10-6-11-12/h6-7H,3-5,9H2,1-2H3. The maximum Gasteiger partial charge on any atom is 0.140 e. The lowest BCUT2D eigenvalue weighted by Crippen LogP contribution is -2.15. The first kappa shape index (κ1) is 10.1. The molecule has 0 saturated carbocycles. The molecule has 0 aromatic carbocycles. The number of rotatable bonds is 5. The fraction of sp³-hybridized carbons (Fsp3) is 0.750. The van der Waals surface area contributed by atoms with E-state index in [9.17, 15) is 0 Å². The van der Waals surface area contributed by atoms with E-state index in [4.69, 9.17) is 10.5 Å². The highest BCUT2D eigenvalue weighted by Gasteiger charge is 2.09. The first-order valence-electron chi connectivity index (χ1n) is 4.37. The summed E-state index contributed by atoms with van der Waals surface area (Å²) in [4.78, 5) is 4.05. The quantitative estimate of drug-likeness (QED) is 0.716. The van der Waals surface area contributed by atoms with Crippen LogP contribution in [0.3, 0.4) is 0 Å². The van der Waals surface area contributed by atoms with E-state index in [2.05, 4.69) is 17.0 Å². The molecule has 0 bridgehead atoms. The van der Waals surface area contributed by atoms with Gasteiger partial charge in [0.25, 0.3) is 0 Å². The molecular weight excluding hydrogens is 168 g/mol. The number of hydrogen-bond donors (Lipinski definition) is 1. The second-order valence-electron chi connectivity index (χ2n) is 2.96. The van der Waals surface area contributed by atoms with E-state index < -0.39 is 0 Å². The molecule has 1 aromatic heterocycles. The van der Waals surface area contributed by atoms with Crippen molar-refractivity contribution in [1.82, 2.24) is 14.8 Å². The molecule has 0 aliphatic rings. The predicted octanol–water partition coefficient (Wildman–Crippen LogP) is 0.334. The van der Waals surface area contributed by atoms with Gasteiger partial charge in [0, 0.05) is 13.7 Å². The molecule has 13 heavy (non-hydrogen) atoms. The Balaban J connectivity index is 2.59. The van der Waals surface area contributed by atoms with Crippen molar-refractivity contribution in [1.29, 1.82) is 0 Å². The van der Waals surface area contributed by atoms with Crippen LogP contribution in [0.25, 0.3) is 0 Å². The van der Waals surface area contributed by atoms with Gasteiger partial charge in [0.2, 0.25) is 0 Å². The average Bonchev–Trinajstić information content (AvgIpc) is 2.61. The highest BCUT2D eigenvalue weighted by atomic mass is 16.5. The summed E-state index contributed by atoms with van der Waals surface area (Å²) in [7, 11) is 1.69. The molecular formula is C8H16N4O. The van der Waals surface area contributed by atoms with Gasteiger partial charge in [-0.3, -0.25) is 0 Å². The Morgan fingerprint density at radius 1 is 1.69 bits per heavy atom. The second kappa shape index (κ2) is 4.94. The first-order chi connectivity index (χ1) is 6.29. The van der Waals surface area contributed by atoms with Crippen LogP contribution in [0.2, 0.25) is 0 Å². The zero-order valence-corrected chi connectivity index (χ0v) is 8.10. The molecule has 0 amide bonds. The predicted molar refractivity (Wildman–Crippen MR) is 49.1 cm³/mol. The van der Waals surface area contributed by atoms with Crippen LogP contribution in [0, 0.1) is 0 Å². The maximum absolute atomic E-state index is 5.51. The van der Waals surface area contributed by atoms with Crippen LogP contribution in [0.5, 0.6) is 0 Å². The van der Waals surface area contributed by atoms with Gasteiger partial charge >= 0.3 is 0 Å². The third-order valence-electron chi connectivity index (χ3n) is 1.99. The Morgan fingerprint density at radius 3 is 3.08 bits per heavy atom. The highest BCUT2D eigenvalue weighted by molar-refractivity contribution is 4.85. The van der Waals surface area contributed by atoms with Crippen molar-refractivity contribution in [3.05, 3.63) is 12.2 Å². The van der Waals surface area contributed by atoms with Gasteiger partial charge in [0.15, 0.2) is 0 Å². The molecule has 5 heteroatoms. The Morgan fingerprint density at radius 2 is 2.46 bits per heavy atom. The maximum atomic E-state index is 5.51. The summed E-state index contributed by atoms with van der Waals surface area (Å²) >= 11 is 0. The molecule has 74 valence electrons. The van der Waals surface area contributed by atoms with Crippen molar-refractivity contribution < 1.29 is 4.74 Å². The molecule has 0 aliphatic heterocycles. The molecule has 1 rings (SSSR count). The monoisotopic (exact) mass is 184 g/mol. The van der Waals surface area contributed by atoms with Crippen LogP contribution in [-0.2, 0) is 11.3 Å². The van der Waals surface area contributed by atoms with Crippen molar-refractivity contribution in [3.8, 4) is 0 Å². The van der Waals surface area contributed by atoms with Crippen LogP contribution in [-0.4, -0.2) is 28.5 Å². The SMILES string of the molecule is COCCC(C)n1ncnc1CN. The van der Waals surface area contributed by atoms with Crippen molar-refractivity contribution in [2.45, 2.75) is 25.9 Å². The van der Waals surface area contributed by atoms with E-state index in [1.54, 1.807) is 7.11 Å². The summed E-state index contributed by atoms with van der Waals surface area (Å²) in [5, 5.41) is 4.11. The third-order valence-corrected chi connectivity index (χ3v) is 1.99. The van der Waals surface area contributed by atoms with E-state index in [1.807, 2.05) is 4.68 Å². The number of nitrogens with two attached hydrogens (primary N) is 1. The lowest BCUT2D eigenvalue weighted by atomic mass is 10.2. The normalized spacial score (nSPS) is 13.2. The zero-order chi connectivity index (χ0) is 9.68. The summed E-state index contributed by atoms with van der Waals surface area (Å²) in [6.07, 6.45) is 2.46. The average molecular weight is 184 g/mol. The van der Waals surface area contributed by atoms with Gasteiger partial charge in [0.05, 0.1) is 12.6 Å². The minimum Gasteiger partial charge on any atom is -0.385 e. The molecule has 0 radical (unpaired) electrons. The summed E-state index contributed by atoms with van der Waals surface area (Å²) in [6.45, 7) is 3.23. The van der Waals surface area contributed by atoms with Gasteiger partial charge < -0.3 is 10.5 Å². The van der Waals surface area contributed by atoms with Gasteiger partial charge in [-0.05, 0) is 13.3 Å². The molecule has 1 atom stereocenters. The minimum absolute atomic E-state index is 0.293. The van der Waals surface area contributed by atoms with Gasteiger partial charge in [-0.15, -0.1) is 0 Å². The Kier molecular flexibility index (Phi) is 3.85. The smallest absolute Gasteiger partial charge is 0.140 e. The molecule has 2 N–H and O–H groups in total. The Labute approximate surface area is 77.9 Å². The number of methoxy groups -OCH3 is 1. The molecule has 5 nitrogen and oxygen atoms in total. The highest BCUT2D eigenvalue weighted by Crippen LogP contribution is 2.10. The largest absolute Gasteiger partial charge is 0.385 e. The molecule has 0 fully saturated rings. The summed E-state index contributed by atoms with van der Waals surface area (Å²) in [5.41, 5.74) is 5.51. The molecule has 1 heterocycles. The molecule has 0 spiro atoms. The summed E-state index contributed by atoms with van der Waals surface area (Å²) < 4.78 is 6.84. The van der Waals surface area contributed by atoms with Crippen LogP contribution >= 0.6 is 0 Å². The lowest BCUT2D eigenvalue weighted by molar-refractivity contribution is 0.178. The van der Waals surface area contributed by atoms with E-state index in [0.717, 1.165) is 18.9 Å². The third kappa shape index (κ3) is 2.50. The number of aromatic nitrogens is 3. The topological polar surface area (TPSA) is 66.0 Å². The first-order valence-corrected chi connectivity index (χ1v) is 4.37. The Hall–Kier alpha value is -0.940. The van der Waals surface area contributed by atoms with Crippen LogP contribution in [0.1, 0.15) is 25.2 Å². The minimum atomic E-state index is 0.293. The lowest BCUT2D eigenvalue weighted by Gasteiger charge is -2.12. The zero-order valence-electron chi connectivity index (χ0n) is 8.10. The van der Waals surface area contributed by atoms with Crippen molar-refractivity contribution in [2.24, 2.45) is 5.73 Å². The van der Waals surface area contributed by atoms with E-state index in [1.165, 1.54) is 6.33 Å². The van der Waals surface area contributed by atoms with Gasteiger partial charge in [-0.25, -0.2) is 9.67 Å². The van der Waals surface area contributed by atoms with Gasteiger partial charge in [-0.1, -0.05) is 0 Å². The molecule has 1 unspecified atom stereocenters. The molecule has 0 saturated heterocycles. The van der Waals surface area contributed by atoms with Crippen LogP contribution in [0.4, 0.5) is 0 Å². The second-order valence-corrected chi connectivity index (χ2v) is 2.96. The number of hydrogen-bond acceptors (Lipinski definition) is 4. The summed E-state index contributed by atoms with van der Waals surface area (Å²) in [5.74, 6) is 0.823. The Bertz CT molecular complexity index is 248. The van der Waals surface area contributed by atoms with E-state index >= 15 is 0 Å². The fourth-order valence-electron chi connectivity index (χ4n) is 1.20. The van der Waals surface area contributed by atoms with Crippen LogP contribution < -0.4 is 5.73 Å². The van der Waals surface area contributed by atoms with E-state index in [-0.39, 0.29) is 0 Å². The molecule has 1 aromatic rings. The van der Waals surface area contributed by atoms with Crippen LogP contribution in [0.15, 0.2) is 6.33 Å².